The average molecular weight is 300 g/mol. The molecule has 0 N–H and O–H groups in total. The molecule has 10 heteroatoms. The van der Waals surface area contributed by atoms with Crippen molar-refractivity contribution in [2.24, 2.45) is 0 Å². The van der Waals surface area contributed by atoms with Gasteiger partial charge in [0.1, 0.15) is 13.2 Å². The smallest absolute Gasteiger partial charge is 0.339 e. The van der Waals surface area contributed by atoms with Gasteiger partial charge in [-0.15, -0.1) is 0 Å². The standard InChI is InChI=1S/C8H12O8S2/c1-6(2)3-14-8(9)7-4-15-17(10,11)5-18(12,13)16-7/h7H,1,3-5H2,2H3. The molecular formula is C8H12O8S2. The van der Waals surface area contributed by atoms with Crippen LogP contribution in [0, 0.1) is 0 Å². The van der Waals surface area contributed by atoms with E-state index in [1.165, 1.54) is 0 Å². The average Bonchev–Trinajstić information content (AvgIpc) is 2.29. The third-order valence-corrected chi connectivity index (χ3v) is 5.00. The van der Waals surface area contributed by atoms with E-state index in [1.807, 2.05) is 0 Å². The Morgan fingerprint density at radius 3 is 2.50 bits per heavy atom. The van der Waals surface area contributed by atoms with Gasteiger partial charge >= 0.3 is 5.97 Å². The summed E-state index contributed by atoms with van der Waals surface area (Å²) >= 11 is 0. The van der Waals surface area contributed by atoms with E-state index < -0.39 is 44.0 Å². The molecule has 0 spiro atoms. The lowest BCUT2D eigenvalue weighted by Crippen LogP contribution is -2.31. The minimum Gasteiger partial charge on any atom is -0.459 e. The van der Waals surface area contributed by atoms with Crippen LogP contribution in [0.3, 0.4) is 0 Å². The maximum absolute atomic E-state index is 11.4. The van der Waals surface area contributed by atoms with Crippen LogP contribution in [0.5, 0.6) is 0 Å². The molecular weight excluding hydrogens is 288 g/mol. The summed E-state index contributed by atoms with van der Waals surface area (Å²) in [5.74, 6) is -1.03. The molecule has 1 saturated heterocycles. The van der Waals surface area contributed by atoms with Crippen molar-refractivity contribution in [1.82, 2.24) is 0 Å². The highest BCUT2D eigenvalue weighted by Crippen LogP contribution is 2.14. The van der Waals surface area contributed by atoms with E-state index in [1.54, 1.807) is 6.92 Å². The lowest BCUT2D eigenvalue weighted by molar-refractivity contribution is -0.151. The van der Waals surface area contributed by atoms with Gasteiger partial charge < -0.3 is 4.74 Å². The molecule has 0 aliphatic carbocycles. The highest BCUT2D eigenvalue weighted by atomic mass is 32.3. The third kappa shape index (κ3) is 4.72. The first kappa shape index (κ1) is 15.1. The summed E-state index contributed by atoms with van der Waals surface area (Å²) in [5, 5.41) is -1.33. The van der Waals surface area contributed by atoms with E-state index in [2.05, 4.69) is 19.7 Å². The van der Waals surface area contributed by atoms with Crippen molar-refractivity contribution in [3.8, 4) is 0 Å². The molecule has 0 saturated carbocycles. The van der Waals surface area contributed by atoms with Crippen LogP contribution in [0.1, 0.15) is 6.92 Å². The molecule has 0 bridgehead atoms. The van der Waals surface area contributed by atoms with Gasteiger partial charge in [-0.05, 0) is 12.5 Å². The van der Waals surface area contributed by atoms with Gasteiger partial charge in [0.25, 0.3) is 20.2 Å². The van der Waals surface area contributed by atoms with Crippen LogP contribution < -0.4 is 0 Å². The van der Waals surface area contributed by atoms with Gasteiger partial charge in [0, 0.05) is 0 Å². The Hall–Kier alpha value is -0.970. The second-order valence-electron chi connectivity index (χ2n) is 3.67. The van der Waals surface area contributed by atoms with Crippen molar-refractivity contribution in [1.29, 1.82) is 0 Å². The first-order valence-electron chi connectivity index (χ1n) is 4.70. The number of carbonyl (C=O) groups excluding carboxylic acids is 1. The van der Waals surface area contributed by atoms with E-state index in [4.69, 9.17) is 0 Å². The molecule has 1 rings (SSSR count). The molecule has 0 aromatic rings. The second kappa shape index (κ2) is 5.34. The Morgan fingerprint density at radius 2 is 1.94 bits per heavy atom. The summed E-state index contributed by atoms with van der Waals surface area (Å²) < 4.78 is 58.0. The van der Waals surface area contributed by atoms with Crippen molar-refractivity contribution in [2.75, 3.05) is 18.3 Å². The van der Waals surface area contributed by atoms with E-state index in [-0.39, 0.29) is 6.61 Å². The van der Waals surface area contributed by atoms with Gasteiger partial charge in [0.05, 0.1) is 0 Å². The Kier molecular flexibility index (Phi) is 4.48. The number of hydrogen-bond donors (Lipinski definition) is 0. The van der Waals surface area contributed by atoms with Gasteiger partial charge in [-0.1, -0.05) is 6.58 Å². The van der Waals surface area contributed by atoms with Crippen LogP contribution >= 0.6 is 0 Å². The molecule has 0 aromatic carbocycles. The van der Waals surface area contributed by atoms with Gasteiger partial charge in [0.15, 0.2) is 6.10 Å². The van der Waals surface area contributed by atoms with E-state index in [9.17, 15) is 21.6 Å². The summed E-state index contributed by atoms with van der Waals surface area (Å²) in [6, 6.07) is 0. The Morgan fingerprint density at radius 1 is 1.33 bits per heavy atom. The van der Waals surface area contributed by atoms with Crippen LogP contribution in [0.25, 0.3) is 0 Å². The van der Waals surface area contributed by atoms with Gasteiger partial charge in [-0.2, -0.15) is 16.8 Å². The van der Waals surface area contributed by atoms with Crippen LogP contribution in [0.2, 0.25) is 0 Å². The van der Waals surface area contributed by atoms with Crippen molar-refractivity contribution >= 4 is 26.2 Å². The number of esters is 1. The van der Waals surface area contributed by atoms with E-state index in [0.717, 1.165) is 0 Å². The summed E-state index contributed by atoms with van der Waals surface area (Å²) in [4.78, 5) is 11.4. The first-order valence-corrected chi connectivity index (χ1v) is 7.86. The van der Waals surface area contributed by atoms with Crippen LogP contribution in [-0.4, -0.2) is 47.2 Å². The molecule has 1 fully saturated rings. The zero-order chi connectivity index (χ0) is 14.0. The molecule has 0 aromatic heterocycles. The normalized spacial score (nSPS) is 25.9. The zero-order valence-corrected chi connectivity index (χ0v) is 11.1. The van der Waals surface area contributed by atoms with Gasteiger partial charge in [0.2, 0.25) is 5.08 Å². The van der Waals surface area contributed by atoms with Crippen LogP contribution in [0.15, 0.2) is 12.2 Å². The summed E-state index contributed by atoms with van der Waals surface area (Å²) in [6.07, 6.45) is -1.63. The molecule has 1 unspecified atom stereocenters. The maximum atomic E-state index is 11.4. The zero-order valence-electron chi connectivity index (χ0n) is 9.49. The first-order chi connectivity index (χ1) is 8.11. The minimum atomic E-state index is -4.40. The van der Waals surface area contributed by atoms with Gasteiger partial charge in [-0.3, -0.25) is 8.37 Å². The number of rotatable bonds is 3. The molecule has 1 aliphatic rings. The number of ether oxygens (including phenoxy) is 1. The molecule has 0 amide bonds. The lowest BCUT2D eigenvalue weighted by atomic mass is 10.3. The molecule has 1 heterocycles. The highest BCUT2D eigenvalue weighted by molar-refractivity contribution is 8.03. The lowest BCUT2D eigenvalue weighted by Gasteiger charge is -2.11. The molecule has 1 aliphatic heterocycles. The molecule has 104 valence electrons. The summed E-state index contributed by atoms with van der Waals surface area (Å²) in [7, 11) is -8.66. The number of hydrogen-bond acceptors (Lipinski definition) is 8. The second-order valence-corrected chi connectivity index (χ2v) is 7.27. The minimum absolute atomic E-state index is 0.120. The fourth-order valence-corrected chi connectivity index (χ4v) is 3.73. The molecule has 0 radical (unpaired) electrons. The third-order valence-electron chi connectivity index (χ3n) is 1.67. The predicted octanol–water partition coefficient (Wildman–Crippen LogP) is -0.862. The fraction of sp³-hybridized carbons (Fsp3) is 0.625. The Bertz CT molecular complexity index is 544. The molecule has 8 nitrogen and oxygen atoms in total. The highest BCUT2D eigenvalue weighted by Gasteiger charge is 2.37. The van der Waals surface area contributed by atoms with Crippen molar-refractivity contribution < 1.29 is 34.7 Å². The monoisotopic (exact) mass is 300 g/mol. The van der Waals surface area contributed by atoms with Crippen LogP contribution in [0.4, 0.5) is 0 Å². The SMILES string of the molecule is C=C(C)COC(=O)C1COS(=O)(=O)CS(=O)(=O)O1. The van der Waals surface area contributed by atoms with Crippen LogP contribution in [-0.2, 0) is 38.1 Å². The summed E-state index contributed by atoms with van der Waals surface area (Å²) in [5.41, 5.74) is 0.536. The largest absolute Gasteiger partial charge is 0.459 e. The fourth-order valence-electron chi connectivity index (χ4n) is 1.00. The Balaban J connectivity index is 2.79. The molecule has 18 heavy (non-hydrogen) atoms. The predicted molar refractivity (Wildman–Crippen MR) is 59.3 cm³/mol. The van der Waals surface area contributed by atoms with Crippen molar-refractivity contribution in [3.05, 3.63) is 12.2 Å². The number of carbonyl (C=O) groups is 1. The van der Waals surface area contributed by atoms with E-state index >= 15 is 0 Å². The van der Waals surface area contributed by atoms with Crippen molar-refractivity contribution in [2.45, 2.75) is 13.0 Å². The van der Waals surface area contributed by atoms with Gasteiger partial charge in [-0.25, -0.2) is 4.79 Å². The molecule has 1 atom stereocenters. The van der Waals surface area contributed by atoms with E-state index in [0.29, 0.717) is 5.57 Å². The van der Waals surface area contributed by atoms with Crippen molar-refractivity contribution in [3.63, 3.8) is 0 Å². The maximum Gasteiger partial charge on any atom is 0.339 e. The summed E-state index contributed by atoms with van der Waals surface area (Å²) in [6.45, 7) is 4.22. The quantitative estimate of drug-likeness (QED) is 0.376. The topological polar surface area (TPSA) is 113 Å². The Labute approximate surface area is 105 Å².